The maximum Gasteiger partial charge on any atom is 0.261 e. The van der Waals surface area contributed by atoms with Gasteiger partial charge in [-0.05, 0) is 24.1 Å². The molecule has 0 aliphatic carbocycles. The van der Waals surface area contributed by atoms with Gasteiger partial charge in [0.05, 0.1) is 4.90 Å². The van der Waals surface area contributed by atoms with Gasteiger partial charge in [0.25, 0.3) is 15.0 Å². The molecular weight excluding hydrogens is 354 g/mol. The van der Waals surface area contributed by atoms with Gasteiger partial charge in [-0.3, -0.25) is 4.79 Å². The lowest BCUT2D eigenvalue weighted by molar-refractivity contribution is 0.0947. The highest BCUT2D eigenvalue weighted by Gasteiger charge is 2.15. The molecule has 0 bridgehead atoms. The highest BCUT2D eigenvalue weighted by Crippen LogP contribution is 2.22. The Hall–Kier alpha value is -0.590. The predicted octanol–water partition coefficient (Wildman–Crippen LogP) is 3.15. The highest BCUT2D eigenvalue weighted by atomic mass is 79.9. The number of halogens is 2. The third-order valence-corrected chi connectivity index (χ3v) is 4.51. The van der Waals surface area contributed by atoms with E-state index in [0.29, 0.717) is 16.9 Å². The molecule has 0 saturated heterocycles. The number of rotatable bonds is 5. The molecule has 1 atom stereocenters. The molecule has 0 saturated carbocycles. The van der Waals surface area contributed by atoms with Crippen LogP contribution >= 0.6 is 26.6 Å². The average molecular weight is 369 g/mol. The van der Waals surface area contributed by atoms with Crippen molar-refractivity contribution in [3.8, 4) is 0 Å². The maximum atomic E-state index is 11.9. The van der Waals surface area contributed by atoms with Gasteiger partial charge in [0.1, 0.15) is 0 Å². The number of carbonyl (C=O) groups excluding carboxylic acids is 1. The molecule has 7 heteroatoms. The van der Waals surface area contributed by atoms with Crippen molar-refractivity contribution in [2.24, 2.45) is 5.92 Å². The standard InChI is InChI=1S/C12H15BrClNO3S/c1-3-8(2)7-15-12(16)9-4-10(13)6-11(5-9)19(14,17)18/h4-6,8H,3,7H2,1-2H3,(H,15,16). The lowest BCUT2D eigenvalue weighted by atomic mass is 10.1. The summed E-state index contributed by atoms with van der Waals surface area (Å²) in [6, 6.07) is 4.17. The summed E-state index contributed by atoms with van der Waals surface area (Å²) >= 11 is 3.16. The first-order chi connectivity index (χ1) is 8.74. The lowest BCUT2D eigenvalue weighted by Crippen LogP contribution is -2.28. The number of hydrogen-bond donors (Lipinski definition) is 1. The van der Waals surface area contributed by atoms with Gasteiger partial charge in [-0.25, -0.2) is 8.42 Å². The van der Waals surface area contributed by atoms with Crippen molar-refractivity contribution >= 4 is 41.6 Å². The van der Waals surface area contributed by atoms with Gasteiger partial charge < -0.3 is 5.32 Å². The van der Waals surface area contributed by atoms with Crippen LogP contribution in [0, 0.1) is 5.92 Å². The van der Waals surface area contributed by atoms with Gasteiger partial charge in [-0.15, -0.1) is 0 Å². The lowest BCUT2D eigenvalue weighted by Gasteiger charge is -2.10. The zero-order chi connectivity index (χ0) is 14.6. The summed E-state index contributed by atoms with van der Waals surface area (Å²) in [5, 5.41) is 2.76. The largest absolute Gasteiger partial charge is 0.352 e. The molecule has 106 valence electrons. The Morgan fingerprint density at radius 2 is 2.05 bits per heavy atom. The Morgan fingerprint density at radius 3 is 2.58 bits per heavy atom. The van der Waals surface area contributed by atoms with E-state index >= 15 is 0 Å². The molecule has 4 nitrogen and oxygen atoms in total. The zero-order valence-electron chi connectivity index (χ0n) is 10.6. The Balaban J connectivity index is 2.95. The SMILES string of the molecule is CCC(C)CNC(=O)c1cc(Br)cc(S(=O)(=O)Cl)c1. The Morgan fingerprint density at radius 1 is 1.42 bits per heavy atom. The summed E-state index contributed by atoms with van der Waals surface area (Å²) < 4.78 is 23.1. The predicted molar refractivity (Wildman–Crippen MR) is 79.0 cm³/mol. The second-order valence-electron chi connectivity index (χ2n) is 4.34. The number of nitrogens with one attached hydrogen (secondary N) is 1. The van der Waals surface area contributed by atoms with E-state index in [9.17, 15) is 13.2 Å². The molecular formula is C12H15BrClNO3S. The molecule has 0 fully saturated rings. The van der Waals surface area contributed by atoms with Crippen molar-refractivity contribution in [2.45, 2.75) is 25.2 Å². The molecule has 1 aromatic rings. The summed E-state index contributed by atoms with van der Waals surface area (Å²) in [6.07, 6.45) is 0.958. The van der Waals surface area contributed by atoms with Crippen LogP contribution in [-0.2, 0) is 9.05 Å². The second-order valence-corrected chi connectivity index (χ2v) is 7.82. The molecule has 0 aliphatic heterocycles. The third kappa shape index (κ3) is 5.12. The molecule has 0 aromatic heterocycles. The van der Waals surface area contributed by atoms with Gasteiger partial charge >= 0.3 is 0 Å². The van der Waals surface area contributed by atoms with E-state index in [-0.39, 0.29) is 16.4 Å². The van der Waals surface area contributed by atoms with Crippen LogP contribution in [0.2, 0.25) is 0 Å². The first-order valence-corrected chi connectivity index (χ1v) is 8.87. The number of benzene rings is 1. The molecule has 1 unspecified atom stereocenters. The third-order valence-electron chi connectivity index (χ3n) is 2.72. The minimum Gasteiger partial charge on any atom is -0.352 e. The fourth-order valence-corrected chi connectivity index (χ4v) is 2.80. The molecule has 1 amide bonds. The van der Waals surface area contributed by atoms with E-state index in [0.717, 1.165) is 6.42 Å². The smallest absolute Gasteiger partial charge is 0.261 e. The van der Waals surface area contributed by atoms with Gasteiger partial charge in [-0.2, -0.15) is 0 Å². The topological polar surface area (TPSA) is 63.2 Å². The average Bonchev–Trinajstić information content (AvgIpc) is 2.33. The van der Waals surface area contributed by atoms with Crippen molar-refractivity contribution in [1.82, 2.24) is 5.32 Å². The van der Waals surface area contributed by atoms with Crippen LogP contribution in [0.3, 0.4) is 0 Å². The fourth-order valence-electron chi connectivity index (χ4n) is 1.35. The molecule has 0 aliphatic rings. The van der Waals surface area contributed by atoms with Crippen molar-refractivity contribution in [3.63, 3.8) is 0 Å². The summed E-state index contributed by atoms with van der Waals surface area (Å²) in [5.74, 6) is 0.0514. The van der Waals surface area contributed by atoms with Crippen LogP contribution in [0.25, 0.3) is 0 Å². The fraction of sp³-hybridized carbons (Fsp3) is 0.417. The van der Waals surface area contributed by atoms with Crippen LogP contribution in [0.5, 0.6) is 0 Å². The van der Waals surface area contributed by atoms with Gasteiger partial charge in [0, 0.05) is 27.3 Å². The molecule has 1 rings (SSSR count). The molecule has 0 radical (unpaired) electrons. The summed E-state index contributed by atoms with van der Waals surface area (Å²) in [4.78, 5) is 11.8. The molecule has 1 N–H and O–H groups in total. The highest BCUT2D eigenvalue weighted by molar-refractivity contribution is 9.10. The monoisotopic (exact) mass is 367 g/mol. The summed E-state index contributed by atoms with van der Waals surface area (Å²) in [7, 11) is 1.42. The van der Waals surface area contributed by atoms with Crippen molar-refractivity contribution < 1.29 is 13.2 Å². The number of hydrogen-bond acceptors (Lipinski definition) is 3. The van der Waals surface area contributed by atoms with Crippen LogP contribution in [0.4, 0.5) is 0 Å². The number of carbonyl (C=O) groups is 1. The minimum absolute atomic E-state index is 0.0998. The van der Waals surface area contributed by atoms with Crippen molar-refractivity contribution in [3.05, 3.63) is 28.2 Å². The quantitative estimate of drug-likeness (QED) is 0.812. The van der Waals surface area contributed by atoms with Crippen LogP contribution in [0.15, 0.2) is 27.6 Å². The van der Waals surface area contributed by atoms with Gasteiger partial charge in [0.15, 0.2) is 0 Å². The van der Waals surface area contributed by atoms with E-state index in [1.807, 2.05) is 13.8 Å². The van der Waals surface area contributed by atoms with E-state index < -0.39 is 9.05 Å². The van der Waals surface area contributed by atoms with E-state index in [4.69, 9.17) is 10.7 Å². The zero-order valence-corrected chi connectivity index (χ0v) is 13.8. The first-order valence-electron chi connectivity index (χ1n) is 5.77. The van der Waals surface area contributed by atoms with Crippen molar-refractivity contribution in [1.29, 1.82) is 0 Å². The Kier molecular flexibility index (Phi) is 5.82. The minimum atomic E-state index is -3.86. The number of amides is 1. The summed E-state index contributed by atoms with van der Waals surface area (Å²) in [6.45, 7) is 4.61. The van der Waals surface area contributed by atoms with Crippen molar-refractivity contribution in [2.75, 3.05) is 6.54 Å². The Labute approximate surface area is 126 Å². The molecule has 0 spiro atoms. The van der Waals surface area contributed by atoms with Crippen LogP contribution < -0.4 is 5.32 Å². The Bertz CT molecular complexity index is 574. The van der Waals surface area contributed by atoms with E-state index in [2.05, 4.69) is 21.2 Å². The molecule has 1 aromatic carbocycles. The normalized spacial score (nSPS) is 13.1. The van der Waals surface area contributed by atoms with Gasteiger partial charge in [-0.1, -0.05) is 36.2 Å². The maximum absolute atomic E-state index is 11.9. The van der Waals surface area contributed by atoms with E-state index in [1.165, 1.54) is 12.1 Å². The first kappa shape index (κ1) is 16.5. The molecule has 19 heavy (non-hydrogen) atoms. The second kappa shape index (κ2) is 6.72. The van der Waals surface area contributed by atoms with Crippen LogP contribution in [-0.4, -0.2) is 20.9 Å². The van der Waals surface area contributed by atoms with Gasteiger partial charge in [0.2, 0.25) is 0 Å². The summed E-state index contributed by atoms with van der Waals surface area (Å²) in [5.41, 5.74) is 0.261. The van der Waals surface area contributed by atoms with E-state index in [1.54, 1.807) is 6.07 Å². The van der Waals surface area contributed by atoms with Crippen LogP contribution in [0.1, 0.15) is 30.6 Å². The molecule has 0 heterocycles.